The van der Waals surface area contributed by atoms with Crippen LogP contribution in [0.3, 0.4) is 0 Å². The molecule has 2 rings (SSSR count). The van der Waals surface area contributed by atoms with Gasteiger partial charge in [0.2, 0.25) is 0 Å². The first-order chi connectivity index (χ1) is 13.2. The fourth-order valence-corrected chi connectivity index (χ4v) is 2.53. The van der Waals surface area contributed by atoms with Gasteiger partial charge in [0.25, 0.3) is 0 Å². The summed E-state index contributed by atoms with van der Waals surface area (Å²) < 4.78 is 12.6. The van der Waals surface area contributed by atoms with Crippen LogP contribution in [0.2, 0.25) is 0 Å². The molecule has 0 atom stereocenters. The van der Waals surface area contributed by atoms with E-state index in [1.54, 1.807) is 26.6 Å². The summed E-state index contributed by atoms with van der Waals surface area (Å²) in [5.41, 5.74) is 1.03. The largest absolute Gasteiger partial charge is 0.493 e. The Hall–Kier alpha value is -3.03. The molecular weight excluding hydrogens is 344 g/mol. The minimum absolute atomic E-state index is 0.514. The molecule has 0 aliphatic rings. The summed E-state index contributed by atoms with van der Waals surface area (Å²) in [6.07, 6.45) is 4.40. The molecule has 0 amide bonds. The topological polar surface area (TPSA) is 85.6 Å². The Morgan fingerprint density at radius 3 is 2.78 bits per heavy atom. The maximum absolute atomic E-state index is 5.34. The summed E-state index contributed by atoms with van der Waals surface area (Å²) in [6.45, 7) is 8.42. The molecule has 146 valence electrons. The first-order valence-corrected chi connectivity index (χ1v) is 8.92. The van der Waals surface area contributed by atoms with E-state index in [9.17, 15) is 0 Å². The third-order valence-electron chi connectivity index (χ3n) is 3.94. The summed E-state index contributed by atoms with van der Waals surface area (Å²) in [4.78, 5) is 4.63. The Labute approximate surface area is 160 Å². The second-order valence-electron chi connectivity index (χ2n) is 5.74. The molecule has 0 saturated carbocycles. The Kier molecular flexibility index (Phi) is 8.15. The highest BCUT2D eigenvalue weighted by atomic mass is 16.5. The van der Waals surface area contributed by atoms with E-state index in [1.165, 1.54) is 0 Å². The standard InChI is InChI=1S/C19H28N6O2/c1-5-9-20-19(21-10-11-25-14-23-24-18(25)6-2)22-13-15-7-8-16(26-3)17(12-15)27-4/h5,7-8,12,14H,1,6,9-11,13H2,2-4H3,(H2,20,21,22). The van der Waals surface area contributed by atoms with Gasteiger partial charge in [-0.3, -0.25) is 0 Å². The van der Waals surface area contributed by atoms with Crippen molar-refractivity contribution in [3.8, 4) is 11.5 Å². The second-order valence-corrected chi connectivity index (χ2v) is 5.74. The molecule has 0 aliphatic heterocycles. The Bertz CT molecular complexity index is 756. The number of benzene rings is 1. The number of nitrogens with one attached hydrogen (secondary N) is 2. The number of aromatic nitrogens is 3. The van der Waals surface area contributed by atoms with Crippen LogP contribution in [-0.2, 0) is 19.5 Å². The Morgan fingerprint density at radius 2 is 2.07 bits per heavy atom. The molecule has 2 aromatic rings. The highest BCUT2D eigenvalue weighted by Gasteiger charge is 2.05. The van der Waals surface area contributed by atoms with Crippen molar-refractivity contribution >= 4 is 5.96 Å². The van der Waals surface area contributed by atoms with Gasteiger partial charge in [-0.2, -0.15) is 0 Å². The monoisotopic (exact) mass is 372 g/mol. The number of methoxy groups -OCH3 is 2. The number of ether oxygens (including phenoxy) is 2. The van der Waals surface area contributed by atoms with Crippen LogP contribution in [0.1, 0.15) is 18.3 Å². The van der Waals surface area contributed by atoms with Gasteiger partial charge in [-0.25, -0.2) is 4.99 Å². The molecule has 1 aromatic carbocycles. The predicted octanol–water partition coefficient (Wildman–Crippen LogP) is 1.78. The molecule has 2 N–H and O–H groups in total. The van der Waals surface area contributed by atoms with Crippen molar-refractivity contribution in [1.29, 1.82) is 0 Å². The minimum Gasteiger partial charge on any atom is -0.493 e. The number of rotatable bonds is 10. The van der Waals surface area contributed by atoms with E-state index >= 15 is 0 Å². The van der Waals surface area contributed by atoms with Crippen LogP contribution in [0.25, 0.3) is 0 Å². The van der Waals surface area contributed by atoms with Crippen LogP contribution in [0, 0.1) is 0 Å². The number of guanidine groups is 1. The van der Waals surface area contributed by atoms with E-state index < -0.39 is 0 Å². The molecule has 8 nitrogen and oxygen atoms in total. The summed E-state index contributed by atoms with van der Waals surface area (Å²) >= 11 is 0. The van der Waals surface area contributed by atoms with Gasteiger partial charge in [-0.1, -0.05) is 19.1 Å². The smallest absolute Gasteiger partial charge is 0.191 e. The molecule has 0 radical (unpaired) electrons. The van der Waals surface area contributed by atoms with Crippen LogP contribution >= 0.6 is 0 Å². The van der Waals surface area contributed by atoms with Crippen molar-refractivity contribution < 1.29 is 9.47 Å². The lowest BCUT2D eigenvalue weighted by Gasteiger charge is -2.13. The van der Waals surface area contributed by atoms with Crippen molar-refractivity contribution in [1.82, 2.24) is 25.4 Å². The first-order valence-electron chi connectivity index (χ1n) is 8.92. The third-order valence-corrected chi connectivity index (χ3v) is 3.94. The lowest BCUT2D eigenvalue weighted by Crippen LogP contribution is -2.39. The van der Waals surface area contributed by atoms with Gasteiger partial charge in [0, 0.05) is 26.1 Å². The number of aryl methyl sites for hydroxylation is 1. The number of hydrogen-bond acceptors (Lipinski definition) is 5. The van der Waals surface area contributed by atoms with Crippen molar-refractivity contribution in [3.63, 3.8) is 0 Å². The van der Waals surface area contributed by atoms with Gasteiger partial charge in [0.05, 0.1) is 20.8 Å². The number of nitrogens with zero attached hydrogens (tertiary/aromatic N) is 4. The van der Waals surface area contributed by atoms with Crippen molar-refractivity contribution in [2.45, 2.75) is 26.4 Å². The van der Waals surface area contributed by atoms with E-state index in [0.717, 1.165) is 30.3 Å². The quantitative estimate of drug-likeness (QED) is 0.376. The molecule has 27 heavy (non-hydrogen) atoms. The maximum atomic E-state index is 5.34. The molecule has 0 saturated heterocycles. The molecule has 8 heteroatoms. The van der Waals surface area contributed by atoms with E-state index in [-0.39, 0.29) is 0 Å². The summed E-state index contributed by atoms with van der Waals surface area (Å²) in [6, 6.07) is 5.78. The maximum Gasteiger partial charge on any atom is 0.191 e. The normalized spacial score (nSPS) is 11.1. The molecule has 0 unspecified atom stereocenters. The highest BCUT2D eigenvalue weighted by molar-refractivity contribution is 5.79. The van der Waals surface area contributed by atoms with Gasteiger partial charge >= 0.3 is 0 Å². The van der Waals surface area contributed by atoms with Crippen molar-refractivity contribution in [2.75, 3.05) is 27.3 Å². The third kappa shape index (κ3) is 6.02. The molecule has 1 heterocycles. The van der Waals surface area contributed by atoms with E-state index in [0.29, 0.717) is 31.1 Å². The first kappa shape index (κ1) is 20.3. The van der Waals surface area contributed by atoms with Gasteiger partial charge < -0.3 is 24.7 Å². The van der Waals surface area contributed by atoms with Crippen LogP contribution < -0.4 is 20.1 Å². The van der Waals surface area contributed by atoms with Gasteiger partial charge in [-0.05, 0) is 17.7 Å². The zero-order valence-electron chi connectivity index (χ0n) is 16.2. The fourth-order valence-electron chi connectivity index (χ4n) is 2.53. The fraction of sp³-hybridized carbons (Fsp3) is 0.421. The second kappa shape index (κ2) is 10.8. The highest BCUT2D eigenvalue weighted by Crippen LogP contribution is 2.27. The Balaban J connectivity index is 1.98. The molecule has 0 spiro atoms. The van der Waals surface area contributed by atoms with Gasteiger partial charge in [-0.15, -0.1) is 16.8 Å². The van der Waals surface area contributed by atoms with Gasteiger partial charge in [0.1, 0.15) is 12.2 Å². The lowest BCUT2D eigenvalue weighted by atomic mass is 10.2. The molecule has 0 bridgehead atoms. The average Bonchev–Trinajstić information content (AvgIpc) is 3.16. The van der Waals surface area contributed by atoms with Crippen LogP contribution in [0.4, 0.5) is 0 Å². The zero-order chi connectivity index (χ0) is 19.5. The van der Waals surface area contributed by atoms with Crippen molar-refractivity contribution in [2.24, 2.45) is 4.99 Å². The number of aliphatic imine (C=N–C) groups is 1. The summed E-state index contributed by atoms with van der Waals surface area (Å²) in [7, 11) is 3.25. The summed E-state index contributed by atoms with van der Waals surface area (Å²) in [5, 5.41) is 14.6. The van der Waals surface area contributed by atoms with E-state index in [1.807, 2.05) is 22.8 Å². The zero-order valence-corrected chi connectivity index (χ0v) is 16.2. The number of hydrogen-bond donors (Lipinski definition) is 2. The van der Waals surface area contributed by atoms with Crippen LogP contribution in [0.5, 0.6) is 11.5 Å². The average molecular weight is 372 g/mol. The SMILES string of the molecule is C=CCNC(=NCc1ccc(OC)c(OC)c1)NCCn1cnnc1CC. The van der Waals surface area contributed by atoms with Crippen LogP contribution in [-0.4, -0.2) is 48.0 Å². The molecule has 0 fully saturated rings. The molecule has 0 aliphatic carbocycles. The lowest BCUT2D eigenvalue weighted by molar-refractivity contribution is 0.354. The summed E-state index contributed by atoms with van der Waals surface area (Å²) in [5.74, 6) is 3.09. The van der Waals surface area contributed by atoms with E-state index in [2.05, 4.69) is 39.3 Å². The van der Waals surface area contributed by atoms with Crippen LogP contribution in [0.15, 0.2) is 42.2 Å². The molecule has 1 aromatic heterocycles. The predicted molar refractivity (Wildman–Crippen MR) is 106 cm³/mol. The minimum atomic E-state index is 0.514. The van der Waals surface area contributed by atoms with E-state index in [4.69, 9.17) is 9.47 Å². The van der Waals surface area contributed by atoms with Gasteiger partial charge in [0.15, 0.2) is 17.5 Å². The molecular formula is C19H28N6O2. The van der Waals surface area contributed by atoms with Crippen molar-refractivity contribution in [3.05, 3.63) is 48.6 Å². The Morgan fingerprint density at radius 1 is 1.26 bits per heavy atom.